The number of ether oxygens (including phenoxy) is 1. The van der Waals surface area contributed by atoms with E-state index in [2.05, 4.69) is 0 Å². The summed E-state index contributed by atoms with van der Waals surface area (Å²) < 4.78 is 61.8. The van der Waals surface area contributed by atoms with Crippen molar-refractivity contribution in [3.63, 3.8) is 0 Å². The fraction of sp³-hybridized carbons (Fsp3) is 0.241. The summed E-state index contributed by atoms with van der Waals surface area (Å²) in [6, 6.07) is 14.5. The van der Waals surface area contributed by atoms with Crippen LogP contribution in [0.25, 0.3) is 22.0 Å². The summed E-state index contributed by atoms with van der Waals surface area (Å²) in [6.45, 7) is -1.05. The Labute approximate surface area is 228 Å². The fourth-order valence-corrected chi connectivity index (χ4v) is 6.60. The molecule has 0 unspecified atom stereocenters. The van der Waals surface area contributed by atoms with Gasteiger partial charge < -0.3 is 14.4 Å². The van der Waals surface area contributed by atoms with Gasteiger partial charge in [0.05, 0.1) is 15.8 Å². The third-order valence-electron chi connectivity index (χ3n) is 7.39. The van der Waals surface area contributed by atoms with Crippen molar-refractivity contribution < 1.29 is 31.8 Å². The minimum Gasteiger partial charge on any atom is -0.477 e. The molecule has 1 aliphatic carbocycles. The van der Waals surface area contributed by atoms with E-state index in [0.717, 1.165) is 16.7 Å². The van der Waals surface area contributed by atoms with Gasteiger partial charge in [0.1, 0.15) is 5.56 Å². The van der Waals surface area contributed by atoms with Gasteiger partial charge in [-0.3, -0.25) is 4.79 Å². The maximum atomic E-state index is 13.7. The van der Waals surface area contributed by atoms with Crippen LogP contribution in [0, 0.1) is 6.92 Å². The number of alkyl halides is 2. The molecule has 8 nitrogen and oxygen atoms in total. The Morgan fingerprint density at radius 1 is 1.02 bits per heavy atom. The number of carbonyl (C=O) groups is 1. The highest BCUT2D eigenvalue weighted by atomic mass is 32.2. The van der Waals surface area contributed by atoms with E-state index in [1.165, 1.54) is 22.6 Å². The van der Waals surface area contributed by atoms with Crippen molar-refractivity contribution in [3.05, 3.63) is 93.3 Å². The number of aryl methyl sites for hydroxylation is 1. The number of halogens is 2. The van der Waals surface area contributed by atoms with Gasteiger partial charge in [0.25, 0.3) is 0 Å². The summed E-state index contributed by atoms with van der Waals surface area (Å²) in [4.78, 5) is 24.9. The van der Waals surface area contributed by atoms with Gasteiger partial charge in [0.2, 0.25) is 15.5 Å². The summed E-state index contributed by atoms with van der Waals surface area (Å²) in [6.07, 6.45) is 2.61. The second-order valence-corrected chi connectivity index (χ2v) is 12.0. The molecule has 4 aromatic rings. The SMILES string of the molecule is Cc1ccc(S(=O)(=O)N2Cc3ccc(-c4ccc5c(=O)c(C(=O)O)cn(C6CC6)c5c4OC(F)F)cc3C2)cc1. The summed E-state index contributed by atoms with van der Waals surface area (Å²) in [7, 11) is -3.75. The largest absolute Gasteiger partial charge is 0.477 e. The number of carboxylic acid groups (broad SMARTS) is 1. The van der Waals surface area contributed by atoms with Crippen molar-refractivity contribution in [1.29, 1.82) is 0 Å². The molecular weight excluding hydrogens is 542 g/mol. The highest BCUT2D eigenvalue weighted by Crippen LogP contribution is 2.44. The Hall–Kier alpha value is -4.09. The third kappa shape index (κ3) is 4.44. The van der Waals surface area contributed by atoms with E-state index in [1.54, 1.807) is 47.0 Å². The highest BCUT2D eigenvalue weighted by molar-refractivity contribution is 7.89. The van der Waals surface area contributed by atoms with Gasteiger partial charge in [-0.25, -0.2) is 13.2 Å². The van der Waals surface area contributed by atoms with Crippen LogP contribution in [0.15, 0.2) is 70.5 Å². The lowest BCUT2D eigenvalue weighted by molar-refractivity contribution is -0.0486. The number of hydrogen-bond donors (Lipinski definition) is 1. The van der Waals surface area contributed by atoms with E-state index < -0.39 is 33.6 Å². The van der Waals surface area contributed by atoms with Crippen LogP contribution in [-0.4, -0.2) is 35.0 Å². The number of carboxylic acids is 1. The maximum Gasteiger partial charge on any atom is 0.387 e. The number of benzene rings is 3. The Morgan fingerprint density at radius 3 is 2.38 bits per heavy atom. The highest BCUT2D eigenvalue weighted by Gasteiger charge is 2.32. The summed E-state index contributed by atoms with van der Waals surface area (Å²) in [5, 5.41) is 9.52. The quantitative estimate of drug-likeness (QED) is 0.325. The average Bonchev–Trinajstić information content (AvgIpc) is 3.66. The van der Waals surface area contributed by atoms with Crippen LogP contribution in [0.4, 0.5) is 8.78 Å². The van der Waals surface area contributed by atoms with Gasteiger partial charge in [-0.15, -0.1) is 0 Å². The molecule has 0 saturated heterocycles. The molecule has 3 aromatic carbocycles. The van der Waals surface area contributed by atoms with Crippen LogP contribution in [0.5, 0.6) is 5.75 Å². The first-order valence-corrected chi connectivity index (χ1v) is 14.1. The Morgan fingerprint density at radius 2 is 1.73 bits per heavy atom. The summed E-state index contributed by atoms with van der Waals surface area (Å²) in [5.41, 5.74) is 2.12. The standard InChI is InChI=1S/C29H24F2N2O6S/c1-16-2-8-21(9-3-16)40(37,38)32-13-18-5-4-17(12-19(18)14-32)22-10-11-23-25(27(22)39-29(30)31)33(20-6-7-20)15-24(26(23)34)28(35)36/h2-5,8-12,15,20,29H,6-7,13-14H2,1H3,(H,35,36). The first kappa shape index (κ1) is 26.1. The molecule has 11 heteroatoms. The van der Waals surface area contributed by atoms with Gasteiger partial charge in [-0.2, -0.15) is 13.1 Å². The number of aromatic carboxylic acids is 1. The first-order chi connectivity index (χ1) is 19.0. The van der Waals surface area contributed by atoms with E-state index in [4.69, 9.17) is 4.74 Å². The molecule has 0 amide bonds. The first-order valence-electron chi connectivity index (χ1n) is 12.6. The number of aromatic nitrogens is 1. The molecule has 1 aromatic heterocycles. The molecule has 0 bridgehead atoms. The van der Waals surface area contributed by atoms with Gasteiger partial charge >= 0.3 is 12.6 Å². The predicted molar refractivity (Wildman–Crippen MR) is 143 cm³/mol. The maximum absolute atomic E-state index is 13.7. The molecule has 0 spiro atoms. The van der Waals surface area contributed by atoms with Crippen molar-refractivity contribution in [2.24, 2.45) is 0 Å². The molecule has 1 N–H and O–H groups in total. The van der Waals surface area contributed by atoms with Gasteiger partial charge in [-0.1, -0.05) is 29.8 Å². The van der Waals surface area contributed by atoms with Crippen LogP contribution in [0.3, 0.4) is 0 Å². The molecule has 0 atom stereocenters. The number of hydrogen-bond acceptors (Lipinski definition) is 5. The summed E-state index contributed by atoms with van der Waals surface area (Å²) >= 11 is 0. The van der Waals surface area contributed by atoms with Crippen molar-refractivity contribution in [3.8, 4) is 16.9 Å². The van der Waals surface area contributed by atoms with Gasteiger partial charge in [0.15, 0.2) is 5.75 Å². The lowest BCUT2D eigenvalue weighted by atomic mass is 9.97. The molecule has 206 valence electrons. The van der Waals surface area contributed by atoms with Crippen LogP contribution >= 0.6 is 0 Å². The minimum atomic E-state index is -3.75. The van der Waals surface area contributed by atoms with Crippen molar-refractivity contribution in [1.82, 2.24) is 8.87 Å². The Kier molecular flexibility index (Phi) is 6.23. The molecule has 0 radical (unpaired) electrons. The second kappa shape index (κ2) is 9.53. The normalized spacial score (nSPS) is 15.5. The lowest BCUT2D eigenvalue weighted by Gasteiger charge is -2.19. The lowest BCUT2D eigenvalue weighted by Crippen LogP contribution is -2.25. The van der Waals surface area contributed by atoms with Gasteiger partial charge in [0, 0.05) is 30.9 Å². The Bertz CT molecular complexity index is 1850. The number of pyridine rings is 1. The zero-order chi connectivity index (χ0) is 28.3. The van der Waals surface area contributed by atoms with E-state index in [-0.39, 0.29) is 46.2 Å². The van der Waals surface area contributed by atoms with Crippen LogP contribution in [-0.2, 0) is 23.1 Å². The zero-order valence-electron chi connectivity index (χ0n) is 21.3. The van der Waals surface area contributed by atoms with Crippen molar-refractivity contribution in [2.45, 2.75) is 50.4 Å². The van der Waals surface area contributed by atoms with E-state index in [1.807, 2.05) is 6.92 Å². The second-order valence-electron chi connectivity index (χ2n) is 10.1. The molecular formula is C29H24F2N2O6S. The molecule has 6 rings (SSSR count). The predicted octanol–water partition coefficient (Wildman–Crippen LogP) is 5.32. The van der Waals surface area contributed by atoms with E-state index >= 15 is 0 Å². The Balaban J connectivity index is 1.46. The number of fused-ring (bicyclic) bond motifs is 2. The minimum absolute atomic E-state index is 0.0253. The molecule has 2 heterocycles. The summed E-state index contributed by atoms with van der Waals surface area (Å²) in [5.74, 6) is -1.62. The fourth-order valence-electron chi connectivity index (χ4n) is 5.21. The number of rotatable bonds is 7. The van der Waals surface area contributed by atoms with Crippen molar-refractivity contribution in [2.75, 3.05) is 0 Å². The topological polar surface area (TPSA) is 106 Å². The van der Waals surface area contributed by atoms with Crippen LogP contribution < -0.4 is 10.2 Å². The molecule has 40 heavy (non-hydrogen) atoms. The smallest absolute Gasteiger partial charge is 0.387 e. The van der Waals surface area contributed by atoms with E-state index in [9.17, 15) is 31.9 Å². The van der Waals surface area contributed by atoms with E-state index in [0.29, 0.717) is 18.4 Å². The average molecular weight is 567 g/mol. The monoisotopic (exact) mass is 566 g/mol. The van der Waals surface area contributed by atoms with Crippen LogP contribution in [0.1, 0.15) is 45.9 Å². The van der Waals surface area contributed by atoms with Crippen LogP contribution in [0.2, 0.25) is 0 Å². The molecule has 1 aliphatic heterocycles. The molecule has 2 aliphatic rings. The van der Waals surface area contributed by atoms with Crippen molar-refractivity contribution >= 4 is 26.9 Å². The van der Waals surface area contributed by atoms with Gasteiger partial charge in [-0.05, 0) is 66.8 Å². The third-order valence-corrected chi connectivity index (χ3v) is 9.20. The molecule has 1 saturated carbocycles. The zero-order valence-corrected chi connectivity index (χ0v) is 22.1. The number of sulfonamides is 1. The number of nitrogens with zero attached hydrogens (tertiary/aromatic N) is 2. The molecule has 1 fully saturated rings.